The number of fused-ring (bicyclic) bond motifs is 2. The smallest absolute Gasteiger partial charge is 0.242 e. The van der Waals surface area contributed by atoms with Gasteiger partial charge in [-0.25, -0.2) is 24.9 Å². The van der Waals surface area contributed by atoms with Crippen LogP contribution in [0.15, 0.2) is 30.5 Å². The van der Waals surface area contributed by atoms with E-state index in [1.807, 2.05) is 58.0 Å². The molecule has 0 spiro atoms. The van der Waals surface area contributed by atoms with Gasteiger partial charge < -0.3 is 38.9 Å². The molecule has 0 saturated carbocycles. The molecule has 1 N–H and O–H groups in total. The standard InChI is InChI=1S/C47H60N10O6/c1-54(27-42(59)56-18-6-3-4-7-19-56)47-36-13-10-15-38(36)51-45(53-47)41-25-33(62-22-21-58)24-39(49-41)31-11-5-8-20-57(26-31)43(60)28-55(2)46-35-12-9-14-37(35)50-44(52-46)40-23-32(16-17-48-40)63-34-29-61-30-34/h16-17,23-25,31,34,58H,3-15,18-22,26-30H2,1-2H3. The van der Waals surface area contributed by atoms with Gasteiger partial charge in [0.05, 0.1) is 32.9 Å². The lowest BCUT2D eigenvalue weighted by Crippen LogP contribution is -2.41. The topological polar surface area (TPSA) is 172 Å². The second kappa shape index (κ2) is 19.5. The molecule has 334 valence electrons. The van der Waals surface area contributed by atoms with E-state index in [1.165, 1.54) is 12.8 Å². The molecule has 7 heterocycles. The fourth-order valence-electron chi connectivity index (χ4n) is 9.55. The average Bonchev–Trinajstić information content (AvgIpc) is 3.78. The Labute approximate surface area is 369 Å². The highest BCUT2D eigenvalue weighted by Gasteiger charge is 2.30. The molecular weight excluding hydrogens is 801 g/mol. The molecule has 9 rings (SSSR count). The zero-order valence-corrected chi connectivity index (χ0v) is 36.8. The van der Waals surface area contributed by atoms with Crippen molar-refractivity contribution < 1.29 is 28.9 Å². The first-order chi connectivity index (χ1) is 30.8. The third-order valence-corrected chi connectivity index (χ3v) is 13.0. The Morgan fingerprint density at radius 2 is 1.35 bits per heavy atom. The zero-order valence-electron chi connectivity index (χ0n) is 36.8. The van der Waals surface area contributed by atoms with Crippen molar-refractivity contribution in [2.45, 2.75) is 95.5 Å². The lowest BCUT2D eigenvalue weighted by Gasteiger charge is -2.28. The number of likely N-dealkylation sites (N-methyl/N-ethyl adjacent to an activating group) is 2. The number of aliphatic hydroxyl groups is 1. The van der Waals surface area contributed by atoms with E-state index in [0.29, 0.717) is 60.8 Å². The first-order valence-corrected chi connectivity index (χ1v) is 23.0. The van der Waals surface area contributed by atoms with E-state index in [1.54, 1.807) is 6.20 Å². The fourth-order valence-corrected chi connectivity index (χ4v) is 9.55. The first kappa shape index (κ1) is 42.8. The highest BCUT2D eigenvalue weighted by Crippen LogP contribution is 2.35. The molecular formula is C47H60N10O6. The average molecular weight is 861 g/mol. The molecule has 16 heteroatoms. The first-order valence-electron chi connectivity index (χ1n) is 23.0. The normalized spacial score (nSPS) is 18.8. The van der Waals surface area contributed by atoms with Gasteiger partial charge >= 0.3 is 0 Å². The van der Waals surface area contributed by atoms with Gasteiger partial charge in [-0.2, -0.15) is 0 Å². The minimum absolute atomic E-state index is 0.0183. The Morgan fingerprint density at radius 1 is 0.730 bits per heavy atom. The molecule has 0 aromatic carbocycles. The Hall–Kier alpha value is -5.48. The quantitative estimate of drug-likeness (QED) is 0.187. The summed E-state index contributed by atoms with van der Waals surface area (Å²) in [5.74, 6) is 3.89. The lowest BCUT2D eigenvalue weighted by molar-refractivity contribution is -0.130. The van der Waals surface area contributed by atoms with Crippen LogP contribution in [-0.2, 0) is 40.0 Å². The molecule has 3 saturated heterocycles. The number of pyridine rings is 2. The van der Waals surface area contributed by atoms with Crippen molar-refractivity contribution in [1.29, 1.82) is 0 Å². The van der Waals surface area contributed by atoms with Gasteiger partial charge in [-0.15, -0.1) is 0 Å². The van der Waals surface area contributed by atoms with Crippen molar-refractivity contribution in [3.8, 4) is 34.5 Å². The number of anilines is 2. The maximum atomic E-state index is 14.3. The number of hydrogen-bond acceptors (Lipinski definition) is 14. The number of rotatable bonds is 14. The summed E-state index contributed by atoms with van der Waals surface area (Å²) < 4.78 is 17.4. The Kier molecular flexibility index (Phi) is 13.2. The minimum Gasteiger partial charge on any atom is -0.491 e. The third-order valence-electron chi connectivity index (χ3n) is 13.0. The van der Waals surface area contributed by atoms with E-state index in [9.17, 15) is 14.7 Å². The van der Waals surface area contributed by atoms with Crippen LogP contribution in [0, 0.1) is 0 Å². The number of likely N-dealkylation sites (tertiary alicyclic amines) is 2. The second-order valence-corrected chi connectivity index (χ2v) is 17.7. The summed E-state index contributed by atoms with van der Waals surface area (Å²) in [7, 11) is 3.88. The largest absolute Gasteiger partial charge is 0.491 e. The molecule has 1 atom stereocenters. The summed E-state index contributed by atoms with van der Waals surface area (Å²) >= 11 is 0. The SMILES string of the molecule is CN(CC(=O)N1CCCCC(c2cc(OCCO)cc(-c3nc4c(c(N(C)CC(=O)N5CCCCCC5)n3)CCC4)n2)C1)c1nc(-c2cc(OC3COC3)ccn2)nc2c1CCC2. The van der Waals surface area contributed by atoms with Crippen LogP contribution >= 0.6 is 0 Å². The molecule has 3 fully saturated rings. The molecule has 2 amide bonds. The van der Waals surface area contributed by atoms with Gasteiger partial charge in [-0.1, -0.05) is 19.3 Å². The Morgan fingerprint density at radius 3 is 2.00 bits per heavy atom. The number of carbonyl (C=O) groups excluding carboxylic acids is 2. The molecule has 0 radical (unpaired) electrons. The number of hydrogen-bond donors (Lipinski definition) is 1. The van der Waals surface area contributed by atoms with E-state index < -0.39 is 0 Å². The maximum absolute atomic E-state index is 14.3. The van der Waals surface area contributed by atoms with Crippen molar-refractivity contribution in [3.63, 3.8) is 0 Å². The van der Waals surface area contributed by atoms with E-state index in [4.69, 9.17) is 39.1 Å². The molecule has 63 heavy (non-hydrogen) atoms. The molecule has 3 aliphatic heterocycles. The van der Waals surface area contributed by atoms with Crippen LogP contribution in [0.4, 0.5) is 11.6 Å². The Balaban J connectivity index is 0.945. The summed E-state index contributed by atoms with van der Waals surface area (Å²) in [5, 5.41) is 9.71. The van der Waals surface area contributed by atoms with Crippen molar-refractivity contribution in [2.75, 3.05) is 89.6 Å². The third kappa shape index (κ3) is 9.86. The maximum Gasteiger partial charge on any atom is 0.242 e. The molecule has 16 nitrogen and oxygen atoms in total. The van der Waals surface area contributed by atoms with Gasteiger partial charge in [0.2, 0.25) is 11.8 Å². The summed E-state index contributed by atoms with van der Waals surface area (Å²) in [6.45, 7) is 4.30. The Bertz CT molecular complexity index is 2280. The number of aryl methyl sites for hydroxylation is 2. The van der Waals surface area contributed by atoms with Crippen molar-refractivity contribution in [1.82, 2.24) is 39.7 Å². The predicted molar refractivity (Wildman–Crippen MR) is 237 cm³/mol. The van der Waals surface area contributed by atoms with E-state index >= 15 is 0 Å². The van der Waals surface area contributed by atoms with E-state index in [0.717, 1.165) is 124 Å². The zero-order chi connectivity index (χ0) is 43.3. The van der Waals surface area contributed by atoms with Gasteiger partial charge in [-0.3, -0.25) is 14.6 Å². The number of aromatic nitrogens is 6. The molecule has 4 aromatic rings. The van der Waals surface area contributed by atoms with Crippen LogP contribution in [0.5, 0.6) is 11.5 Å². The number of ether oxygens (including phenoxy) is 3. The highest BCUT2D eigenvalue weighted by atomic mass is 16.6. The summed E-state index contributed by atoms with van der Waals surface area (Å²) in [6.07, 6.45) is 14.2. The second-order valence-electron chi connectivity index (χ2n) is 17.7. The molecule has 1 unspecified atom stereocenters. The van der Waals surface area contributed by atoms with Crippen LogP contribution < -0.4 is 19.3 Å². The van der Waals surface area contributed by atoms with Crippen LogP contribution in [0.1, 0.15) is 91.9 Å². The lowest BCUT2D eigenvalue weighted by atomic mass is 9.98. The summed E-state index contributed by atoms with van der Waals surface area (Å²) in [5.41, 5.74) is 6.17. The number of amides is 2. The molecule has 5 aliphatic rings. The van der Waals surface area contributed by atoms with Crippen molar-refractivity contribution in [3.05, 3.63) is 58.7 Å². The monoisotopic (exact) mass is 860 g/mol. The number of carbonyl (C=O) groups is 2. The van der Waals surface area contributed by atoms with Crippen LogP contribution in [0.25, 0.3) is 23.0 Å². The predicted octanol–water partition coefficient (Wildman–Crippen LogP) is 4.59. The summed E-state index contributed by atoms with van der Waals surface area (Å²) in [6, 6.07) is 7.48. The molecule has 0 bridgehead atoms. The van der Waals surface area contributed by atoms with E-state index in [2.05, 4.69) is 4.98 Å². The van der Waals surface area contributed by atoms with Gasteiger partial charge in [0.15, 0.2) is 11.6 Å². The summed E-state index contributed by atoms with van der Waals surface area (Å²) in [4.78, 5) is 65.7. The van der Waals surface area contributed by atoms with Gasteiger partial charge in [0.25, 0.3) is 0 Å². The molecule has 4 aromatic heterocycles. The van der Waals surface area contributed by atoms with Crippen LogP contribution in [-0.4, -0.2) is 143 Å². The van der Waals surface area contributed by atoms with Gasteiger partial charge in [0, 0.05) is 98.8 Å². The van der Waals surface area contributed by atoms with Gasteiger partial charge in [0.1, 0.15) is 47.2 Å². The van der Waals surface area contributed by atoms with Crippen molar-refractivity contribution in [2.24, 2.45) is 0 Å². The van der Waals surface area contributed by atoms with Crippen molar-refractivity contribution >= 4 is 23.5 Å². The highest BCUT2D eigenvalue weighted by molar-refractivity contribution is 5.82. The van der Waals surface area contributed by atoms with Gasteiger partial charge in [-0.05, 0) is 70.3 Å². The fraction of sp³-hybridized carbons (Fsp3) is 0.574. The molecule has 2 aliphatic carbocycles. The number of nitrogens with zero attached hydrogens (tertiary/aromatic N) is 10. The van der Waals surface area contributed by atoms with E-state index in [-0.39, 0.29) is 50.1 Å². The van der Waals surface area contributed by atoms with Crippen LogP contribution in [0.3, 0.4) is 0 Å². The minimum atomic E-state index is -0.133. The van der Waals surface area contributed by atoms with Crippen LogP contribution in [0.2, 0.25) is 0 Å². The number of aliphatic hydroxyl groups excluding tert-OH is 1.